The van der Waals surface area contributed by atoms with Crippen LogP contribution in [0.25, 0.3) is 11.3 Å². The average molecular weight is 510 g/mol. The van der Waals surface area contributed by atoms with Gasteiger partial charge in [-0.05, 0) is 51.0 Å². The molecular weight excluding hydrogens is 464 g/mol. The molecule has 0 spiro atoms. The molecule has 1 N–H and O–H groups in total. The zero-order chi connectivity index (χ0) is 23.3. The molecule has 3 rings (SSSR count). The highest BCUT2D eigenvalue weighted by Crippen LogP contribution is 2.22. The summed E-state index contributed by atoms with van der Waals surface area (Å²) in [6.07, 6.45) is 2.87. The number of nitrogens with one attached hydrogen (secondary N) is 1. The molecule has 0 unspecified atom stereocenters. The van der Waals surface area contributed by atoms with Crippen molar-refractivity contribution in [1.82, 2.24) is 19.7 Å². The monoisotopic (exact) mass is 509 g/mol. The molecule has 1 aromatic heterocycles. The summed E-state index contributed by atoms with van der Waals surface area (Å²) in [5.74, 6) is -1.35. The first-order valence-corrected chi connectivity index (χ1v) is 10.8. The van der Waals surface area contributed by atoms with Gasteiger partial charge >= 0.3 is 12.1 Å². The molecule has 7 nitrogen and oxygen atoms in total. The number of urea groups is 2. The van der Waals surface area contributed by atoms with Crippen LogP contribution in [0.5, 0.6) is 0 Å². The fourth-order valence-corrected chi connectivity index (χ4v) is 3.86. The summed E-state index contributed by atoms with van der Waals surface area (Å²) in [6.45, 7) is 6.50. The number of rotatable bonds is 5. The van der Waals surface area contributed by atoms with Gasteiger partial charge in [-0.3, -0.25) is 4.98 Å². The van der Waals surface area contributed by atoms with Crippen LogP contribution < -0.4 is 5.32 Å². The van der Waals surface area contributed by atoms with E-state index in [9.17, 15) is 18.4 Å². The number of hydrogen-bond acceptors (Lipinski definition) is 3. The van der Waals surface area contributed by atoms with Gasteiger partial charge < -0.3 is 20.0 Å². The molecule has 0 radical (unpaired) electrons. The lowest BCUT2D eigenvalue weighted by atomic mass is 10.0. The van der Waals surface area contributed by atoms with Gasteiger partial charge in [0.05, 0.1) is 17.6 Å². The van der Waals surface area contributed by atoms with E-state index in [-0.39, 0.29) is 47.8 Å². The Kier molecular flexibility index (Phi) is 15.2. The van der Waals surface area contributed by atoms with Gasteiger partial charge in [-0.15, -0.1) is 0 Å². The highest BCUT2D eigenvalue weighted by Gasteiger charge is 2.29. The largest absolute Gasteiger partial charge is 0.325 e. The van der Waals surface area contributed by atoms with Crippen molar-refractivity contribution in [3.8, 4) is 11.3 Å². The SMILES string of the molecule is C.C.C.C.CCN(CC)C(=O)N1CCC(N(C)C(=O)Nc2ccc(-c3cc(F)cc(F)c3)nc2)CC1. The van der Waals surface area contributed by atoms with Crippen LogP contribution in [0.1, 0.15) is 56.4 Å². The van der Waals surface area contributed by atoms with E-state index in [2.05, 4.69) is 10.3 Å². The summed E-state index contributed by atoms with van der Waals surface area (Å²) in [6, 6.07) is 6.25. The van der Waals surface area contributed by atoms with Gasteiger partial charge in [0.15, 0.2) is 0 Å². The van der Waals surface area contributed by atoms with Crippen molar-refractivity contribution in [2.45, 2.75) is 62.4 Å². The Hall–Kier alpha value is -3.23. The zero-order valence-corrected chi connectivity index (χ0v) is 18.6. The Morgan fingerprint density at radius 1 is 1.00 bits per heavy atom. The first-order valence-electron chi connectivity index (χ1n) is 10.8. The van der Waals surface area contributed by atoms with E-state index in [1.54, 1.807) is 29.0 Å². The number of hydrogen-bond donors (Lipinski definition) is 1. The summed E-state index contributed by atoms with van der Waals surface area (Å²) < 4.78 is 26.8. The Labute approximate surface area is 216 Å². The van der Waals surface area contributed by atoms with Crippen LogP contribution in [-0.2, 0) is 0 Å². The zero-order valence-electron chi connectivity index (χ0n) is 18.6. The summed E-state index contributed by atoms with van der Waals surface area (Å²) in [5.41, 5.74) is 1.21. The number of likely N-dealkylation sites (tertiary alicyclic amines) is 1. The maximum Gasteiger partial charge on any atom is 0.321 e. The molecule has 2 heterocycles. The van der Waals surface area contributed by atoms with E-state index >= 15 is 0 Å². The minimum absolute atomic E-state index is 0. The molecule has 0 saturated carbocycles. The van der Waals surface area contributed by atoms with Gasteiger partial charge in [-0.25, -0.2) is 18.4 Å². The lowest BCUT2D eigenvalue weighted by Crippen LogP contribution is -2.51. The number of pyridine rings is 1. The molecule has 1 aliphatic heterocycles. The molecule has 9 heteroatoms. The van der Waals surface area contributed by atoms with Crippen LogP contribution in [0, 0.1) is 11.6 Å². The second kappa shape index (κ2) is 15.7. The molecular formula is C27H45F2N5O2. The van der Waals surface area contributed by atoms with Crippen molar-refractivity contribution >= 4 is 17.7 Å². The van der Waals surface area contributed by atoms with Gasteiger partial charge in [-0.2, -0.15) is 0 Å². The smallest absolute Gasteiger partial charge is 0.321 e. The summed E-state index contributed by atoms with van der Waals surface area (Å²) in [7, 11) is 1.74. The quantitative estimate of drug-likeness (QED) is 0.474. The molecule has 1 aromatic carbocycles. The number of aromatic nitrogens is 1. The van der Waals surface area contributed by atoms with Crippen LogP contribution in [0.3, 0.4) is 0 Å². The third kappa shape index (κ3) is 8.46. The second-order valence-electron chi connectivity index (χ2n) is 7.80. The van der Waals surface area contributed by atoms with Gasteiger partial charge in [0, 0.05) is 50.9 Å². The van der Waals surface area contributed by atoms with E-state index in [0.29, 0.717) is 56.0 Å². The van der Waals surface area contributed by atoms with Crippen molar-refractivity contribution in [1.29, 1.82) is 0 Å². The number of anilines is 1. The predicted octanol–water partition coefficient (Wildman–Crippen LogP) is 6.96. The van der Waals surface area contributed by atoms with Gasteiger partial charge in [0.1, 0.15) is 11.6 Å². The van der Waals surface area contributed by atoms with Crippen molar-refractivity contribution in [2.24, 2.45) is 0 Å². The van der Waals surface area contributed by atoms with Gasteiger partial charge in [-0.1, -0.05) is 29.7 Å². The van der Waals surface area contributed by atoms with E-state index < -0.39 is 11.6 Å². The molecule has 4 amide bonds. The minimum atomic E-state index is -0.675. The van der Waals surface area contributed by atoms with Crippen LogP contribution in [0.2, 0.25) is 0 Å². The van der Waals surface area contributed by atoms with Crippen molar-refractivity contribution < 1.29 is 18.4 Å². The second-order valence-corrected chi connectivity index (χ2v) is 7.80. The molecule has 2 aromatic rings. The van der Waals surface area contributed by atoms with Crippen molar-refractivity contribution in [3.05, 3.63) is 48.2 Å². The van der Waals surface area contributed by atoms with E-state index in [4.69, 9.17) is 0 Å². The Balaban J connectivity index is 0. The summed E-state index contributed by atoms with van der Waals surface area (Å²) in [4.78, 5) is 34.6. The normalized spacial score (nSPS) is 12.6. The molecule has 1 fully saturated rings. The van der Waals surface area contributed by atoms with Gasteiger partial charge in [0.2, 0.25) is 0 Å². The topological polar surface area (TPSA) is 68.8 Å². The summed E-state index contributed by atoms with van der Waals surface area (Å²) in [5, 5.41) is 2.80. The Morgan fingerprint density at radius 3 is 2.03 bits per heavy atom. The standard InChI is InChI=1S/C23H29F2N5O2.4CH4/c1-4-29(5-2)23(32)30-10-8-20(9-11-30)28(3)22(31)27-19-6-7-21(26-15-19)16-12-17(24)14-18(25)13-16;;;;/h6-7,12-15,20H,4-5,8-11H2,1-3H3,(H,27,31);4*1H4. The third-order valence-electron chi connectivity index (χ3n) is 5.81. The maximum absolute atomic E-state index is 13.4. The number of carbonyl (C=O) groups excluding carboxylic acids is 2. The van der Waals surface area contributed by atoms with Crippen LogP contribution in [0.15, 0.2) is 36.5 Å². The van der Waals surface area contributed by atoms with E-state index in [1.165, 1.54) is 18.3 Å². The number of piperidine rings is 1. The molecule has 0 aliphatic carbocycles. The highest BCUT2D eigenvalue weighted by atomic mass is 19.1. The molecule has 36 heavy (non-hydrogen) atoms. The van der Waals surface area contributed by atoms with Crippen molar-refractivity contribution in [3.63, 3.8) is 0 Å². The molecule has 0 atom stereocenters. The molecule has 0 bridgehead atoms. The Bertz CT molecular complexity index is 923. The number of nitrogens with zero attached hydrogens (tertiary/aromatic N) is 4. The number of amides is 4. The first-order chi connectivity index (χ1) is 15.3. The van der Waals surface area contributed by atoms with Crippen molar-refractivity contribution in [2.75, 3.05) is 38.5 Å². The average Bonchev–Trinajstić information content (AvgIpc) is 2.79. The molecule has 1 saturated heterocycles. The van der Waals surface area contributed by atoms with Crippen LogP contribution >= 0.6 is 0 Å². The first kappa shape index (κ1) is 34.9. The van der Waals surface area contributed by atoms with E-state index in [0.717, 1.165) is 6.07 Å². The third-order valence-corrected chi connectivity index (χ3v) is 5.81. The predicted molar refractivity (Wildman–Crippen MR) is 146 cm³/mol. The van der Waals surface area contributed by atoms with Crippen LogP contribution in [0.4, 0.5) is 24.1 Å². The molecule has 1 aliphatic rings. The van der Waals surface area contributed by atoms with Crippen LogP contribution in [-0.4, -0.2) is 71.0 Å². The lowest BCUT2D eigenvalue weighted by molar-refractivity contribution is 0.123. The minimum Gasteiger partial charge on any atom is -0.325 e. The highest BCUT2D eigenvalue weighted by molar-refractivity contribution is 5.89. The number of halogens is 2. The maximum atomic E-state index is 13.4. The summed E-state index contributed by atoms with van der Waals surface area (Å²) >= 11 is 0. The number of benzene rings is 1. The molecule has 204 valence electrons. The Morgan fingerprint density at radius 2 is 1.56 bits per heavy atom. The number of carbonyl (C=O) groups is 2. The lowest BCUT2D eigenvalue weighted by Gasteiger charge is -2.38. The van der Waals surface area contributed by atoms with Gasteiger partial charge in [0.25, 0.3) is 0 Å². The fourth-order valence-electron chi connectivity index (χ4n) is 3.86. The van der Waals surface area contributed by atoms with E-state index in [1.807, 2.05) is 18.7 Å². The fraction of sp³-hybridized carbons (Fsp3) is 0.519.